The number of piperazine rings is 1. The van der Waals surface area contributed by atoms with Crippen molar-refractivity contribution < 1.29 is 10.0 Å². The molecule has 0 aliphatic carbocycles. The molecule has 3 N–H and O–H groups in total. The molecule has 1 fully saturated rings. The minimum absolute atomic E-state index is 0.0340. The molecule has 1 aliphatic rings. The van der Waals surface area contributed by atoms with Crippen LogP contribution in [0.25, 0.3) is 0 Å². The molecule has 1 saturated heterocycles. The number of carbonyl (C=O) groups excluding carboxylic acids is 1. The molecule has 2 heterocycles. The van der Waals surface area contributed by atoms with Crippen molar-refractivity contribution in [2.75, 3.05) is 31.1 Å². The molecule has 0 radical (unpaired) electrons. The number of anilines is 1. The number of hydrogen-bond donors (Lipinski definition) is 2. The van der Waals surface area contributed by atoms with Crippen LogP contribution < -0.4 is 10.6 Å². The van der Waals surface area contributed by atoms with E-state index in [0.717, 1.165) is 18.2 Å². The minimum Gasteiger partial charge on any atom is -0.409 e. The standard InChI is InChI=1S/C10H15N5O2S/c11-8(13-17)7-9(16)14-2-4-15(5-3-14)10-12-1-6-18-10/h1,6,17H,2-5,7H2,(H2,11,13). The minimum atomic E-state index is -0.107. The van der Waals surface area contributed by atoms with Crippen LogP contribution >= 0.6 is 11.3 Å². The van der Waals surface area contributed by atoms with E-state index >= 15 is 0 Å². The molecule has 0 bridgehead atoms. The largest absolute Gasteiger partial charge is 0.409 e. The van der Waals surface area contributed by atoms with Crippen LogP contribution in [0.2, 0.25) is 0 Å². The predicted octanol–water partition coefficient (Wildman–Crippen LogP) is -0.0718. The lowest BCUT2D eigenvalue weighted by Gasteiger charge is -2.34. The Balaban J connectivity index is 1.85. The van der Waals surface area contributed by atoms with Crippen LogP contribution in [0.15, 0.2) is 16.7 Å². The smallest absolute Gasteiger partial charge is 0.230 e. The number of rotatable bonds is 3. The van der Waals surface area contributed by atoms with Crippen LogP contribution in [0, 0.1) is 0 Å². The average Bonchev–Trinajstić information content (AvgIpc) is 2.92. The van der Waals surface area contributed by atoms with Crippen molar-refractivity contribution in [2.24, 2.45) is 10.9 Å². The summed E-state index contributed by atoms with van der Waals surface area (Å²) in [5.41, 5.74) is 5.32. The summed E-state index contributed by atoms with van der Waals surface area (Å²) < 4.78 is 0. The monoisotopic (exact) mass is 269 g/mol. The second kappa shape index (κ2) is 5.67. The van der Waals surface area contributed by atoms with Crippen molar-refractivity contribution in [3.05, 3.63) is 11.6 Å². The third kappa shape index (κ3) is 2.89. The molecule has 0 spiro atoms. The predicted molar refractivity (Wildman–Crippen MR) is 68.9 cm³/mol. The fraction of sp³-hybridized carbons (Fsp3) is 0.500. The first-order chi connectivity index (χ1) is 8.70. The lowest BCUT2D eigenvalue weighted by Crippen LogP contribution is -2.49. The molecule has 8 heteroatoms. The second-order valence-corrected chi connectivity index (χ2v) is 4.82. The van der Waals surface area contributed by atoms with E-state index in [2.05, 4.69) is 15.0 Å². The van der Waals surface area contributed by atoms with Crippen molar-refractivity contribution in [3.63, 3.8) is 0 Å². The summed E-state index contributed by atoms with van der Waals surface area (Å²) in [6.45, 7) is 2.79. The molecule has 7 nitrogen and oxygen atoms in total. The Bertz CT molecular complexity index is 425. The topological polar surface area (TPSA) is 95.1 Å². The molecule has 1 aliphatic heterocycles. The summed E-state index contributed by atoms with van der Waals surface area (Å²) in [4.78, 5) is 19.9. The lowest BCUT2D eigenvalue weighted by molar-refractivity contribution is -0.130. The van der Waals surface area contributed by atoms with E-state index in [1.807, 2.05) is 5.38 Å². The van der Waals surface area contributed by atoms with Gasteiger partial charge in [-0.25, -0.2) is 4.98 Å². The normalized spacial score (nSPS) is 17.0. The van der Waals surface area contributed by atoms with Crippen LogP contribution in [-0.4, -0.2) is 53.0 Å². The maximum atomic E-state index is 11.8. The number of amidine groups is 1. The van der Waals surface area contributed by atoms with Crippen LogP contribution in [-0.2, 0) is 4.79 Å². The molecule has 0 aromatic carbocycles. The summed E-state index contributed by atoms with van der Waals surface area (Å²) in [5, 5.41) is 14.2. The number of aromatic nitrogens is 1. The molecular weight excluding hydrogens is 254 g/mol. The van der Waals surface area contributed by atoms with Crippen LogP contribution in [0.4, 0.5) is 5.13 Å². The Morgan fingerprint density at radius 1 is 1.50 bits per heavy atom. The van der Waals surface area contributed by atoms with E-state index in [1.165, 1.54) is 0 Å². The van der Waals surface area contributed by atoms with E-state index in [-0.39, 0.29) is 18.2 Å². The number of nitrogens with zero attached hydrogens (tertiary/aromatic N) is 4. The molecule has 18 heavy (non-hydrogen) atoms. The Labute approximate surface area is 109 Å². The van der Waals surface area contributed by atoms with Crippen molar-refractivity contribution in [1.29, 1.82) is 0 Å². The first-order valence-electron chi connectivity index (χ1n) is 5.59. The van der Waals surface area contributed by atoms with Gasteiger partial charge in [-0.1, -0.05) is 5.16 Å². The fourth-order valence-electron chi connectivity index (χ4n) is 1.82. The SMILES string of the molecule is N/C(CC(=O)N1CCN(c2nccs2)CC1)=N\O. The van der Waals surface area contributed by atoms with Crippen molar-refractivity contribution >= 4 is 28.2 Å². The van der Waals surface area contributed by atoms with Gasteiger partial charge in [-0.05, 0) is 0 Å². The molecule has 1 aromatic rings. The average molecular weight is 269 g/mol. The van der Waals surface area contributed by atoms with Gasteiger partial charge in [0.25, 0.3) is 0 Å². The van der Waals surface area contributed by atoms with Crippen LogP contribution in [0.3, 0.4) is 0 Å². The second-order valence-electron chi connectivity index (χ2n) is 3.95. The zero-order valence-electron chi connectivity index (χ0n) is 9.82. The van der Waals surface area contributed by atoms with E-state index < -0.39 is 0 Å². The van der Waals surface area contributed by atoms with Gasteiger partial charge >= 0.3 is 0 Å². The highest BCUT2D eigenvalue weighted by molar-refractivity contribution is 7.13. The maximum Gasteiger partial charge on any atom is 0.230 e. The maximum absolute atomic E-state index is 11.8. The van der Waals surface area contributed by atoms with E-state index in [9.17, 15) is 4.79 Å². The lowest BCUT2D eigenvalue weighted by atomic mass is 10.3. The Kier molecular flexibility index (Phi) is 3.98. The number of thiazole rings is 1. The number of nitrogens with two attached hydrogens (primary N) is 1. The highest BCUT2D eigenvalue weighted by Gasteiger charge is 2.22. The van der Waals surface area contributed by atoms with Gasteiger partial charge in [0, 0.05) is 37.8 Å². The number of amides is 1. The van der Waals surface area contributed by atoms with E-state index in [1.54, 1.807) is 22.4 Å². The fourth-order valence-corrected chi connectivity index (χ4v) is 2.52. The summed E-state index contributed by atoms with van der Waals surface area (Å²) >= 11 is 1.59. The zero-order chi connectivity index (χ0) is 13.0. The first-order valence-corrected chi connectivity index (χ1v) is 6.47. The van der Waals surface area contributed by atoms with Gasteiger partial charge in [-0.2, -0.15) is 0 Å². The van der Waals surface area contributed by atoms with Crippen molar-refractivity contribution in [1.82, 2.24) is 9.88 Å². The van der Waals surface area contributed by atoms with Gasteiger partial charge in [0.05, 0.1) is 6.42 Å². The summed E-state index contributed by atoms with van der Waals surface area (Å²) in [7, 11) is 0. The zero-order valence-corrected chi connectivity index (χ0v) is 10.6. The molecule has 0 saturated carbocycles. The van der Waals surface area contributed by atoms with Crippen molar-refractivity contribution in [3.8, 4) is 0 Å². The van der Waals surface area contributed by atoms with E-state index in [4.69, 9.17) is 10.9 Å². The van der Waals surface area contributed by atoms with Gasteiger partial charge in [-0.15, -0.1) is 11.3 Å². The Morgan fingerprint density at radius 2 is 2.22 bits per heavy atom. The van der Waals surface area contributed by atoms with E-state index in [0.29, 0.717) is 13.1 Å². The molecule has 0 atom stereocenters. The summed E-state index contributed by atoms with van der Waals surface area (Å²) in [6, 6.07) is 0. The van der Waals surface area contributed by atoms with Gasteiger partial charge in [0.15, 0.2) is 5.13 Å². The number of carbonyl (C=O) groups is 1. The molecule has 1 amide bonds. The molecule has 1 aromatic heterocycles. The Morgan fingerprint density at radius 3 is 2.78 bits per heavy atom. The number of oxime groups is 1. The number of hydrogen-bond acceptors (Lipinski definition) is 6. The van der Waals surface area contributed by atoms with Gasteiger partial charge < -0.3 is 20.7 Å². The summed E-state index contributed by atoms with van der Waals surface area (Å²) in [6.07, 6.45) is 1.74. The van der Waals surface area contributed by atoms with Gasteiger partial charge in [-0.3, -0.25) is 4.79 Å². The highest BCUT2D eigenvalue weighted by Crippen LogP contribution is 2.18. The first kappa shape index (κ1) is 12.6. The highest BCUT2D eigenvalue weighted by atomic mass is 32.1. The molecular formula is C10H15N5O2S. The third-order valence-corrected chi connectivity index (χ3v) is 3.62. The van der Waals surface area contributed by atoms with Gasteiger partial charge in [0.1, 0.15) is 5.84 Å². The van der Waals surface area contributed by atoms with Gasteiger partial charge in [0.2, 0.25) is 5.91 Å². The summed E-state index contributed by atoms with van der Waals surface area (Å²) in [5.74, 6) is -0.161. The molecule has 2 rings (SSSR count). The third-order valence-electron chi connectivity index (χ3n) is 2.78. The van der Waals surface area contributed by atoms with Crippen LogP contribution in [0.1, 0.15) is 6.42 Å². The molecule has 98 valence electrons. The van der Waals surface area contributed by atoms with Crippen LogP contribution in [0.5, 0.6) is 0 Å². The quantitative estimate of drug-likeness (QED) is 0.346. The van der Waals surface area contributed by atoms with Crippen molar-refractivity contribution in [2.45, 2.75) is 6.42 Å². The Hall–Kier alpha value is -1.83. The molecule has 0 unspecified atom stereocenters.